The van der Waals surface area contributed by atoms with Crippen molar-refractivity contribution in [2.75, 3.05) is 13.2 Å². The van der Waals surface area contributed by atoms with Crippen molar-refractivity contribution in [2.24, 2.45) is 5.92 Å². The van der Waals surface area contributed by atoms with E-state index in [1.165, 1.54) is 0 Å². The number of ether oxygens (including phenoxy) is 2. The van der Waals surface area contributed by atoms with Gasteiger partial charge in [0.05, 0.1) is 24.8 Å². The Hall–Kier alpha value is -2.50. The average Bonchev–Trinajstić information content (AvgIpc) is 2.59. The first-order valence-electron chi connectivity index (χ1n) is 9.10. The van der Waals surface area contributed by atoms with Crippen LogP contribution in [0.15, 0.2) is 35.5 Å². The quantitative estimate of drug-likeness (QED) is 0.693. The second-order valence-corrected chi connectivity index (χ2v) is 6.81. The highest BCUT2D eigenvalue weighted by atomic mass is 16.5. The van der Waals surface area contributed by atoms with E-state index >= 15 is 0 Å². The van der Waals surface area contributed by atoms with Gasteiger partial charge in [-0.05, 0) is 43.4 Å². The molecule has 6 nitrogen and oxygen atoms in total. The first-order valence-corrected chi connectivity index (χ1v) is 9.10. The molecule has 6 heteroatoms. The van der Waals surface area contributed by atoms with E-state index in [1.54, 1.807) is 6.92 Å². The standard InChI is InChI=1S/C20H28N2O4/c1-5-11-25-16-8-6-15(7-9-16)18-17(14(4)21-20(24)22-18)19(23)26-12-10-13(2)3/h6-9,13,18H,5,10-12H2,1-4H3,(H2,21,22,24)/t18-/m1/s1. The van der Waals surface area contributed by atoms with Gasteiger partial charge in [-0.15, -0.1) is 0 Å². The van der Waals surface area contributed by atoms with Crippen LogP contribution in [0.4, 0.5) is 4.79 Å². The molecule has 1 heterocycles. The second kappa shape index (κ2) is 9.27. The molecule has 2 amide bonds. The third kappa shape index (κ3) is 5.25. The number of allylic oxidation sites excluding steroid dienone is 1. The van der Waals surface area contributed by atoms with Crippen LogP contribution in [0.1, 0.15) is 52.1 Å². The van der Waals surface area contributed by atoms with Gasteiger partial charge in [-0.2, -0.15) is 0 Å². The molecule has 26 heavy (non-hydrogen) atoms. The molecule has 0 spiro atoms. The van der Waals surface area contributed by atoms with Crippen molar-refractivity contribution >= 4 is 12.0 Å². The van der Waals surface area contributed by atoms with Gasteiger partial charge < -0.3 is 20.1 Å². The van der Waals surface area contributed by atoms with E-state index in [-0.39, 0.29) is 6.03 Å². The highest BCUT2D eigenvalue weighted by molar-refractivity contribution is 5.95. The van der Waals surface area contributed by atoms with Gasteiger partial charge in [-0.1, -0.05) is 32.9 Å². The predicted octanol–water partition coefficient (Wildman–Crippen LogP) is 3.69. The average molecular weight is 360 g/mol. The molecule has 0 saturated heterocycles. The molecule has 142 valence electrons. The van der Waals surface area contributed by atoms with Crippen LogP contribution in [0.2, 0.25) is 0 Å². The Bertz CT molecular complexity index is 665. The summed E-state index contributed by atoms with van der Waals surface area (Å²) < 4.78 is 11.0. The summed E-state index contributed by atoms with van der Waals surface area (Å²) in [4.78, 5) is 24.5. The van der Waals surface area contributed by atoms with Gasteiger partial charge in [0.2, 0.25) is 0 Å². The molecule has 0 radical (unpaired) electrons. The lowest BCUT2D eigenvalue weighted by molar-refractivity contribution is -0.139. The number of nitrogens with one attached hydrogen (secondary N) is 2. The molecule has 1 aromatic carbocycles. The lowest BCUT2D eigenvalue weighted by Crippen LogP contribution is -2.45. The van der Waals surface area contributed by atoms with E-state index in [0.717, 1.165) is 24.2 Å². The number of benzene rings is 1. The Balaban J connectivity index is 2.19. The fourth-order valence-electron chi connectivity index (χ4n) is 2.66. The zero-order valence-electron chi connectivity index (χ0n) is 15.9. The summed E-state index contributed by atoms with van der Waals surface area (Å²) in [5, 5.41) is 5.46. The van der Waals surface area contributed by atoms with Crippen molar-refractivity contribution < 1.29 is 19.1 Å². The number of amides is 2. The van der Waals surface area contributed by atoms with Gasteiger partial charge in [0.1, 0.15) is 5.75 Å². The Morgan fingerprint density at radius 3 is 2.50 bits per heavy atom. The first kappa shape index (κ1) is 19.8. The third-order valence-corrected chi connectivity index (χ3v) is 4.10. The van der Waals surface area contributed by atoms with Crippen LogP contribution < -0.4 is 15.4 Å². The predicted molar refractivity (Wildman–Crippen MR) is 99.8 cm³/mol. The summed E-state index contributed by atoms with van der Waals surface area (Å²) in [6.45, 7) is 8.91. The highest BCUT2D eigenvalue weighted by Gasteiger charge is 2.32. The topological polar surface area (TPSA) is 76.7 Å². The van der Waals surface area contributed by atoms with Crippen LogP contribution in [0, 0.1) is 5.92 Å². The summed E-state index contributed by atoms with van der Waals surface area (Å²) in [6.07, 6.45) is 1.73. The zero-order chi connectivity index (χ0) is 19.1. The molecule has 0 aliphatic carbocycles. The SMILES string of the molecule is CCCOc1ccc([C@H]2NC(=O)NC(C)=C2C(=O)OCCC(C)C)cc1. The van der Waals surface area contributed by atoms with Gasteiger partial charge in [-0.25, -0.2) is 9.59 Å². The van der Waals surface area contributed by atoms with Crippen LogP contribution in [-0.2, 0) is 9.53 Å². The molecule has 1 atom stereocenters. The third-order valence-electron chi connectivity index (χ3n) is 4.10. The normalized spacial score (nSPS) is 17.0. The lowest BCUT2D eigenvalue weighted by atomic mass is 9.95. The summed E-state index contributed by atoms with van der Waals surface area (Å²) in [5.41, 5.74) is 1.74. The number of hydrogen-bond donors (Lipinski definition) is 2. The van der Waals surface area contributed by atoms with Gasteiger partial charge in [0.25, 0.3) is 0 Å². The number of rotatable bonds is 8. The van der Waals surface area contributed by atoms with Crippen LogP contribution >= 0.6 is 0 Å². The number of esters is 1. The molecule has 2 rings (SSSR count). The fraction of sp³-hybridized carbons (Fsp3) is 0.500. The Morgan fingerprint density at radius 1 is 1.19 bits per heavy atom. The molecule has 1 aliphatic rings. The van der Waals surface area contributed by atoms with E-state index in [2.05, 4.69) is 24.5 Å². The Kier molecular flexibility index (Phi) is 7.06. The molecular formula is C20H28N2O4. The van der Waals surface area contributed by atoms with Crippen molar-refractivity contribution in [3.8, 4) is 5.75 Å². The Morgan fingerprint density at radius 2 is 1.88 bits per heavy atom. The smallest absolute Gasteiger partial charge is 0.338 e. The minimum absolute atomic E-state index is 0.336. The molecule has 0 fully saturated rings. The maximum absolute atomic E-state index is 12.6. The van der Waals surface area contributed by atoms with Gasteiger partial charge >= 0.3 is 12.0 Å². The van der Waals surface area contributed by atoms with Crippen molar-refractivity contribution in [2.45, 2.75) is 46.6 Å². The van der Waals surface area contributed by atoms with Crippen LogP contribution in [-0.4, -0.2) is 25.2 Å². The van der Waals surface area contributed by atoms with E-state index in [1.807, 2.05) is 31.2 Å². The molecule has 1 aliphatic heterocycles. The van der Waals surface area contributed by atoms with Crippen molar-refractivity contribution in [3.63, 3.8) is 0 Å². The lowest BCUT2D eigenvalue weighted by Gasteiger charge is -2.28. The van der Waals surface area contributed by atoms with E-state index in [4.69, 9.17) is 9.47 Å². The number of urea groups is 1. The monoisotopic (exact) mass is 360 g/mol. The van der Waals surface area contributed by atoms with E-state index in [0.29, 0.717) is 30.4 Å². The summed E-state index contributed by atoms with van der Waals surface area (Å²) in [7, 11) is 0. The number of carbonyl (C=O) groups excluding carboxylic acids is 2. The van der Waals surface area contributed by atoms with Gasteiger partial charge in [-0.3, -0.25) is 0 Å². The molecule has 0 unspecified atom stereocenters. The van der Waals surface area contributed by atoms with Crippen LogP contribution in [0.5, 0.6) is 5.75 Å². The van der Waals surface area contributed by atoms with Crippen LogP contribution in [0.3, 0.4) is 0 Å². The second-order valence-electron chi connectivity index (χ2n) is 6.81. The summed E-state index contributed by atoms with van der Waals surface area (Å²) in [5.74, 6) is 0.804. The Labute approximate surface area is 154 Å². The largest absolute Gasteiger partial charge is 0.494 e. The van der Waals surface area contributed by atoms with Crippen molar-refractivity contribution in [1.82, 2.24) is 10.6 Å². The maximum atomic E-state index is 12.6. The van der Waals surface area contributed by atoms with Gasteiger partial charge in [0, 0.05) is 5.70 Å². The fourth-order valence-corrected chi connectivity index (χ4v) is 2.66. The molecular weight excluding hydrogens is 332 g/mol. The van der Waals surface area contributed by atoms with E-state index in [9.17, 15) is 9.59 Å². The van der Waals surface area contributed by atoms with Crippen molar-refractivity contribution in [3.05, 3.63) is 41.1 Å². The van der Waals surface area contributed by atoms with Crippen molar-refractivity contribution in [1.29, 1.82) is 0 Å². The minimum atomic E-state index is -0.546. The van der Waals surface area contributed by atoms with Gasteiger partial charge in [0.15, 0.2) is 0 Å². The number of hydrogen-bond acceptors (Lipinski definition) is 4. The highest BCUT2D eigenvalue weighted by Crippen LogP contribution is 2.29. The zero-order valence-corrected chi connectivity index (χ0v) is 15.9. The molecule has 0 bridgehead atoms. The van der Waals surface area contributed by atoms with Crippen LogP contribution in [0.25, 0.3) is 0 Å². The molecule has 0 saturated carbocycles. The summed E-state index contributed by atoms with van der Waals surface area (Å²) in [6, 6.07) is 6.52. The molecule has 1 aromatic rings. The molecule has 2 N–H and O–H groups in total. The minimum Gasteiger partial charge on any atom is -0.494 e. The molecule has 0 aromatic heterocycles. The maximum Gasteiger partial charge on any atom is 0.338 e. The first-order chi connectivity index (χ1) is 12.4. The number of carbonyl (C=O) groups is 2. The summed E-state index contributed by atoms with van der Waals surface area (Å²) >= 11 is 0. The van der Waals surface area contributed by atoms with E-state index < -0.39 is 12.0 Å².